The van der Waals surface area contributed by atoms with E-state index in [0.29, 0.717) is 12.8 Å². The number of likely N-dealkylation sites (tertiary alicyclic amines) is 1. The largest absolute Gasteiger partial charge is 0.480 e. The summed E-state index contributed by atoms with van der Waals surface area (Å²) in [6.07, 6.45) is -0.153. The molecule has 0 aromatic carbocycles. The third kappa shape index (κ3) is 3.40. The molecule has 2 heterocycles. The van der Waals surface area contributed by atoms with Gasteiger partial charge in [-0.15, -0.1) is 0 Å². The summed E-state index contributed by atoms with van der Waals surface area (Å²) in [7, 11) is -3.00. The fourth-order valence-electron chi connectivity index (χ4n) is 2.56. The van der Waals surface area contributed by atoms with Crippen LogP contribution in [0.15, 0.2) is 0 Å². The van der Waals surface area contributed by atoms with Gasteiger partial charge in [0.05, 0.1) is 17.6 Å². The van der Waals surface area contributed by atoms with Crippen molar-refractivity contribution in [2.75, 3.05) is 18.1 Å². The summed E-state index contributed by atoms with van der Waals surface area (Å²) in [5.74, 6) is -1.09. The first-order valence-electron chi connectivity index (χ1n) is 6.47. The lowest BCUT2D eigenvalue weighted by Crippen LogP contribution is -2.50. The van der Waals surface area contributed by atoms with Crippen LogP contribution in [0.2, 0.25) is 0 Å². The average Bonchev–Trinajstić information content (AvgIpc) is 2.74. The van der Waals surface area contributed by atoms with Gasteiger partial charge in [0.15, 0.2) is 0 Å². The van der Waals surface area contributed by atoms with Crippen molar-refractivity contribution in [3.8, 4) is 0 Å². The lowest BCUT2D eigenvalue weighted by molar-refractivity contribution is -0.141. The van der Waals surface area contributed by atoms with Crippen molar-refractivity contribution in [2.45, 2.75) is 37.5 Å². The second-order valence-electron chi connectivity index (χ2n) is 5.27. The van der Waals surface area contributed by atoms with Crippen LogP contribution in [0.3, 0.4) is 0 Å². The second kappa shape index (κ2) is 5.57. The number of carbonyl (C=O) groups is 2. The van der Waals surface area contributed by atoms with Crippen LogP contribution >= 0.6 is 0 Å². The first-order valence-corrected chi connectivity index (χ1v) is 8.29. The van der Waals surface area contributed by atoms with Crippen molar-refractivity contribution in [3.63, 3.8) is 0 Å². The molecule has 0 aromatic heterocycles. The smallest absolute Gasteiger partial charge is 0.326 e. The maximum atomic E-state index is 12.0. The molecular weight excluding hydrogens is 288 g/mol. The number of urea groups is 1. The molecule has 2 rings (SSSR count). The summed E-state index contributed by atoms with van der Waals surface area (Å²) < 4.78 is 22.6. The minimum absolute atomic E-state index is 0.0157. The van der Waals surface area contributed by atoms with Crippen molar-refractivity contribution in [3.05, 3.63) is 0 Å². The number of nitrogens with one attached hydrogen (secondary N) is 1. The van der Waals surface area contributed by atoms with E-state index in [-0.39, 0.29) is 30.5 Å². The van der Waals surface area contributed by atoms with Crippen molar-refractivity contribution >= 4 is 21.8 Å². The zero-order valence-electron chi connectivity index (χ0n) is 10.9. The molecule has 3 N–H and O–H groups in total. The van der Waals surface area contributed by atoms with Gasteiger partial charge in [0.1, 0.15) is 15.9 Å². The topological polar surface area (TPSA) is 124 Å². The molecule has 0 aromatic rings. The number of hydrogen-bond acceptors (Lipinski definition) is 5. The van der Waals surface area contributed by atoms with Gasteiger partial charge in [0.25, 0.3) is 0 Å². The Morgan fingerprint density at radius 2 is 1.80 bits per heavy atom. The summed E-state index contributed by atoms with van der Waals surface area (Å²) >= 11 is 0. The highest BCUT2D eigenvalue weighted by Gasteiger charge is 2.39. The normalized spacial score (nSPS) is 30.1. The molecule has 0 aliphatic carbocycles. The Kier molecular flexibility index (Phi) is 4.19. The van der Waals surface area contributed by atoms with Crippen molar-refractivity contribution in [2.24, 2.45) is 0 Å². The van der Waals surface area contributed by atoms with Crippen LogP contribution in [0.4, 0.5) is 4.79 Å². The number of sulfone groups is 1. The van der Waals surface area contributed by atoms with Gasteiger partial charge in [-0.2, -0.15) is 0 Å². The number of carbonyl (C=O) groups excluding carboxylic acids is 1. The quantitative estimate of drug-likeness (QED) is 0.588. The number of aliphatic hydroxyl groups is 1. The molecule has 8 nitrogen and oxygen atoms in total. The molecule has 2 atom stereocenters. The van der Waals surface area contributed by atoms with Gasteiger partial charge in [-0.25, -0.2) is 18.0 Å². The molecule has 9 heteroatoms. The predicted octanol–water partition coefficient (Wildman–Crippen LogP) is -1.21. The Morgan fingerprint density at radius 1 is 1.20 bits per heavy atom. The van der Waals surface area contributed by atoms with Gasteiger partial charge in [-0.1, -0.05) is 0 Å². The number of nitrogens with zero attached hydrogens (tertiary/aromatic N) is 1. The molecule has 114 valence electrons. The Hall–Kier alpha value is -1.35. The molecule has 2 amide bonds. The monoisotopic (exact) mass is 306 g/mol. The van der Waals surface area contributed by atoms with E-state index in [1.54, 1.807) is 0 Å². The number of amides is 2. The van der Waals surface area contributed by atoms with E-state index in [9.17, 15) is 23.1 Å². The van der Waals surface area contributed by atoms with Gasteiger partial charge in [-0.05, 0) is 12.8 Å². The standard InChI is InChI=1S/C11H18N2O6S/c14-8-5-9(10(15)16)13(6-8)11(17)12-7-1-3-20(18,19)4-2-7/h7-9,14H,1-6H2,(H,12,17)(H,15,16). The Labute approximate surface area is 116 Å². The fraction of sp³-hybridized carbons (Fsp3) is 0.818. The summed E-state index contributed by atoms with van der Waals surface area (Å²) in [5.41, 5.74) is 0. The lowest BCUT2D eigenvalue weighted by Gasteiger charge is -2.27. The van der Waals surface area contributed by atoms with Gasteiger partial charge in [0.2, 0.25) is 0 Å². The van der Waals surface area contributed by atoms with Crippen molar-refractivity contribution in [1.29, 1.82) is 0 Å². The van der Waals surface area contributed by atoms with Crippen LogP contribution in [0, 0.1) is 0 Å². The van der Waals surface area contributed by atoms with Crippen LogP contribution in [0.25, 0.3) is 0 Å². The molecule has 0 saturated carbocycles. The Bertz CT molecular complexity index is 491. The average molecular weight is 306 g/mol. The highest BCUT2D eigenvalue weighted by atomic mass is 32.2. The van der Waals surface area contributed by atoms with Gasteiger partial charge in [0, 0.05) is 19.0 Å². The molecule has 0 spiro atoms. The van der Waals surface area contributed by atoms with Gasteiger partial charge >= 0.3 is 12.0 Å². The van der Waals surface area contributed by atoms with Crippen LogP contribution < -0.4 is 5.32 Å². The van der Waals surface area contributed by atoms with Crippen LogP contribution in [0.5, 0.6) is 0 Å². The second-order valence-corrected chi connectivity index (χ2v) is 7.58. The molecular formula is C11H18N2O6S. The van der Waals surface area contributed by atoms with E-state index in [1.165, 1.54) is 0 Å². The van der Waals surface area contributed by atoms with E-state index < -0.39 is 34.0 Å². The van der Waals surface area contributed by atoms with E-state index in [0.717, 1.165) is 4.90 Å². The van der Waals surface area contributed by atoms with Crippen LogP contribution in [0.1, 0.15) is 19.3 Å². The number of rotatable bonds is 2. The maximum absolute atomic E-state index is 12.0. The molecule has 2 fully saturated rings. The summed E-state index contributed by atoms with van der Waals surface area (Å²) in [5, 5.41) is 21.1. The number of carboxylic acid groups (broad SMARTS) is 1. The predicted molar refractivity (Wildman–Crippen MR) is 69.0 cm³/mol. The maximum Gasteiger partial charge on any atom is 0.326 e. The minimum Gasteiger partial charge on any atom is -0.480 e. The first kappa shape index (κ1) is 15.0. The number of carboxylic acids is 1. The summed E-state index contributed by atoms with van der Waals surface area (Å²) in [6, 6.07) is -1.85. The van der Waals surface area contributed by atoms with Gasteiger partial charge < -0.3 is 20.4 Å². The minimum atomic E-state index is -3.00. The van der Waals surface area contributed by atoms with Crippen molar-refractivity contribution in [1.82, 2.24) is 10.2 Å². The zero-order chi connectivity index (χ0) is 14.9. The fourth-order valence-corrected chi connectivity index (χ4v) is 4.06. The van der Waals surface area contributed by atoms with Crippen molar-refractivity contribution < 1.29 is 28.2 Å². The number of aliphatic carboxylic acids is 1. The molecule has 20 heavy (non-hydrogen) atoms. The third-order valence-corrected chi connectivity index (χ3v) is 5.42. The molecule has 2 aliphatic rings. The van der Waals surface area contributed by atoms with E-state index in [4.69, 9.17) is 5.11 Å². The molecule has 0 bridgehead atoms. The van der Waals surface area contributed by atoms with Crippen LogP contribution in [-0.4, -0.2) is 71.8 Å². The summed E-state index contributed by atoms with van der Waals surface area (Å²) in [6.45, 7) is -0.0200. The number of hydrogen-bond donors (Lipinski definition) is 3. The third-order valence-electron chi connectivity index (χ3n) is 3.71. The van der Waals surface area contributed by atoms with E-state index in [1.807, 2.05) is 0 Å². The van der Waals surface area contributed by atoms with E-state index >= 15 is 0 Å². The highest BCUT2D eigenvalue weighted by molar-refractivity contribution is 7.91. The molecule has 0 radical (unpaired) electrons. The molecule has 2 unspecified atom stereocenters. The Morgan fingerprint density at radius 3 is 2.35 bits per heavy atom. The number of β-amino-alcohol motifs (C(OH)–C–C–N with tert-alkyl or cyclic N) is 1. The number of aliphatic hydroxyl groups excluding tert-OH is 1. The SMILES string of the molecule is O=C(O)C1CC(O)CN1C(=O)NC1CCS(=O)(=O)CC1. The van der Waals surface area contributed by atoms with E-state index in [2.05, 4.69) is 5.32 Å². The zero-order valence-corrected chi connectivity index (χ0v) is 11.7. The molecule has 2 saturated heterocycles. The highest BCUT2D eigenvalue weighted by Crippen LogP contribution is 2.19. The lowest BCUT2D eigenvalue weighted by atomic mass is 10.1. The van der Waals surface area contributed by atoms with Crippen LogP contribution in [-0.2, 0) is 14.6 Å². The first-order chi connectivity index (χ1) is 9.28. The Balaban J connectivity index is 1.93. The molecule has 2 aliphatic heterocycles. The van der Waals surface area contributed by atoms with Gasteiger partial charge in [-0.3, -0.25) is 0 Å². The summed E-state index contributed by atoms with van der Waals surface area (Å²) in [4.78, 5) is 24.1.